The minimum absolute atomic E-state index is 0.194. The molecule has 0 fully saturated rings. The molecule has 0 saturated heterocycles. The first kappa shape index (κ1) is 12.1. The zero-order chi connectivity index (χ0) is 11.3. The summed E-state index contributed by atoms with van der Waals surface area (Å²) >= 11 is 0.531. The second-order valence-corrected chi connectivity index (χ2v) is 3.73. The topological polar surface area (TPSA) is 0 Å². The molecule has 0 N–H and O–H groups in total. The summed E-state index contributed by atoms with van der Waals surface area (Å²) in [5, 5.41) is -1.22. The molecule has 0 saturated carbocycles. The highest BCUT2D eigenvalue weighted by atomic mass is 32.2. The molecule has 0 aliphatic rings. The molecule has 1 aromatic rings. The van der Waals surface area contributed by atoms with E-state index in [0.717, 1.165) is 5.56 Å². The molecule has 0 nitrogen and oxygen atoms in total. The Bertz CT molecular complexity index is 329. The molecule has 1 aromatic carbocycles. The lowest BCUT2D eigenvalue weighted by atomic mass is 10.2. The molecule has 0 heterocycles. The van der Waals surface area contributed by atoms with Crippen molar-refractivity contribution in [1.82, 2.24) is 0 Å². The standard InChI is InChI=1S/C10H8F4S/c11-9(6-10(12,13)14)15-7-8-4-2-1-3-5-8/h1-6H,7H2/b9-6+. The fourth-order valence-electron chi connectivity index (χ4n) is 0.897. The van der Waals surface area contributed by atoms with Gasteiger partial charge in [0.15, 0.2) is 5.16 Å². The third kappa shape index (κ3) is 5.47. The summed E-state index contributed by atoms with van der Waals surface area (Å²) in [7, 11) is 0. The molecular weight excluding hydrogens is 228 g/mol. The number of allylic oxidation sites excluding steroid dienone is 1. The Balaban J connectivity index is 2.48. The third-order valence-electron chi connectivity index (χ3n) is 1.50. The van der Waals surface area contributed by atoms with Gasteiger partial charge in [0.05, 0.1) is 6.08 Å². The van der Waals surface area contributed by atoms with E-state index in [2.05, 4.69) is 0 Å². The Morgan fingerprint density at radius 1 is 1.20 bits per heavy atom. The molecule has 0 aromatic heterocycles. The normalized spacial score (nSPS) is 12.9. The average molecular weight is 236 g/mol. The maximum absolute atomic E-state index is 12.7. The Hall–Kier alpha value is -0.970. The van der Waals surface area contributed by atoms with Crippen LogP contribution in [0, 0.1) is 0 Å². The summed E-state index contributed by atoms with van der Waals surface area (Å²) in [5.41, 5.74) is 0.785. The zero-order valence-corrected chi connectivity index (χ0v) is 8.41. The van der Waals surface area contributed by atoms with Crippen LogP contribution >= 0.6 is 11.8 Å². The fourth-order valence-corrected chi connectivity index (χ4v) is 1.61. The smallest absolute Gasteiger partial charge is 0.199 e. The van der Waals surface area contributed by atoms with Gasteiger partial charge in [-0.25, -0.2) is 0 Å². The summed E-state index contributed by atoms with van der Waals surface area (Å²) in [6, 6.07) is 8.75. The van der Waals surface area contributed by atoms with Crippen molar-refractivity contribution in [3.05, 3.63) is 47.1 Å². The van der Waals surface area contributed by atoms with Crippen molar-refractivity contribution in [1.29, 1.82) is 0 Å². The molecule has 82 valence electrons. The Labute approximate surface area is 89.0 Å². The number of alkyl halides is 3. The van der Waals surface area contributed by atoms with Gasteiger partial charge in [-0.1, -0.05) is 42.1 Å². The molecule has 0 radical (unpaired) electrons. The lowest BCUT2D eigenvalue weighted by Crippen LogP contribution is -2.01. The minimum Gasteiger partial charge on any atom is -0.199 e. The molecule has 15 heavy (non-hydrogen) atoms. The van der Waals surface area contributed by atoms with E-state index in [-0.39, 0.29) is 11.8 Å². The van der Waals surface area contributed by atoms with E-state index >= 15 is 0 Å². The largest absolute Gasteiger partial charge is 0.413 e. The van der Waals surface area contributed by atoms with E-state index in [1.54, 1.807) is 30.3 Å². The number of hydrogen-bond acceptors (Lipinski definition) is 1. The van der Waals surface area contributed by atoms with Crippen molar-refractivity contribution >= 4 is 11.8 Å². The van der Waals surface area contributed by atoms with Crippen LogP contribution in [-0.2, 0) is 5.75 Å². The molecular formula is C10H8F4S. The van der Waals surface area contributed by atoms with Crippen LogP contribution in [0.4, 0.5) is 17.6 Å². The predicted molar refractivity (Wildman–Crippen MR) is 53.0 cm³/mol. The first-order chi connectivity index (χ1) is 6.97. The molecule has 0 aliphatic heterocycles. The molecule has 0 bridgehead atoms. The van der Waals surface area contributed by atoms with Gasteiger partial charge in [-0.2, -0.15) is 17.6 Å². The van der Waals surface area contributed by atoms with E-state index in [0.29, 0.717) is 11.8 Å². The van der Waals surface area contributed by atoms with E-state index in [1.165, 1.54) is 0 Å². The van der Waals surface area contributed by atoms with Crippen LogP contribution in [0.2, 0.25) is 0 Å². The van der Waals surface area contributed by atoms with E-state index in [4.69, 9.17) is 0 Å². The van der Waals surface area contributed by atoms with Crippen molar-refractivity contribution in [3.8, 4) is 0 Å². The predicted octanol–water partition coefficient (Wildman–Crippen LogP) is 4.29. The Kier molecular flexibility index (Phi) is 4.20. The van der Waals surface area contributed by atoms with Gasteiger partial charge >= 0.3 is 6.18 Å². The summed E-state index contributed by atoms with van der Waals surface area (Å²) in [4.78, 5) is 0. The van der Waals surface area contributed by atoms with Crippen LogP contribution in [0.15, 0.2) is 41.6 Å². The van der Waals surface area contributed by atoms with Gasteiger partial charge in [-0.05, 0) is 5.56 Å². The summed E-state index contributed by atoms with van der Waals surface area (Å²) in [5.74, 6) is 0.194. The van der Waals surface area contributed by atoms with Crippen LogP contribution in [0.1, 0.15) is 5.56 Å². The minimum atomic E-state index is -4.59. The van der Waals surface area contributed by atoms with Crippen LogP contribution < -0.4 is 0 Å². The van der Waals surface area contributed by atoms with Crippen LogP contribution in [0.3, 0.4) is 0 Å². The summed E-state index contributed by atoms with van der Waals surface area (Å²) in [6.45, 7) is 0. The third-order valence-corrected chi connectivity index (χ3v) is 2.37. The SMILES string of the molecule is F/C(=C\C(F)(F)F)SCc1ccccc1. The highest BCUT2D eigenvalue weighted by molar-refractivity contribution is 8.02. The molecule has 0 spiro atoms. The molecule has 1 rings (SSSR count). The average Bonchev–Trinajstić information content (AvgIpc) is 2.14. The van der Waals surface area contributed by atoms with E-state index in [9.17, 15) is 17.6 Å². The number of hydrogen-bond donors (Lipinski definition) is 0. The van der Waals surface area contributed by atoms with Gasteiger partial charge in [0.1, 0.15) is 0 Å². The number of rotatable bonds is 3. The highest BCUT2D eigenvalue weighted by Crippen LogP contribution is 2.27. The number of benzene rings is 1. The molecule has 0 atom stereocenters. The van der Waals surface area contributed by atoms with Gasteiger partial charge in [0, 0.05) is 5.75 Å². The van der Waals surface area contributed by atoms with Crippen molar-refractivity contribution in [2.24, 2.45) is 0 Å². The first-order valence-electron chi connectivity index (χ1n) is 4.09. The highest BCUT2D eigenvalue weighted by Gasteiger charge is 2.25. The second kappa shape index (κ2) is 5.21. The molecule has 0 amide bonds. The Morgan fingerprint density at radius 3 is 2.33 bits per heavy atom. The van der Waals surface area contributed by atoms with Gasteiger partial charge in [0.25, 0.3) is 0 Å². The van der Waals surface area contributed by atoms with Gasteiger partial charge in [-0.15, -0.1) is 0 Å². The van der Waals surface area contributed by atoms with Crippen LogP contribution in [0.5, 0.6) is 0 Å². The number of thioether (sulfide) groups is 1. The number of halogens is 4. The van der Waals surface area contributed by atoms with E-state index in [1.807, 2.05) is 0 Å². The maximum atomic E-state index is 12.7. The van der Waals surface area contributed by atoms with Crippen LogP contribution in [0.25, 0.3) is 0 Å². The lowest BCUT2D eigenvalue weighted by Gasteiger charge is -2.01. The zero-order valence-electron chi connectivity index (χ0n) is 7.59. The Morgan fingerprint density at radius 2 is 1.80 bits per heavy atom. The molecule has 0 aliphatic carbocycles. The van der Waals surface area contributed by atoms with Gasteiger partial charge < -0.3 is 0 Å². The summed E-state index contributed by atoms with van der Waals surface area (Å²) in [6.07, 6.45) is -4.92. The lowest BCUT2D eigenvalue weighted by molar-refractivity contribution is -0.0808. The first-order valence-corrected chi connectivity index (χ1v) is 5.08. The quantitative estimate of drug-likeness (QED) is 0.705. The van der Waals surface area contributed by atoms with E-state index < -0.39 is 11.3 Å². The fraction of sp³-hybridized carbons (Fsp3) is 0.200. The monoisotopic (exact) mass is 236 g/mol. The second-order valence-electron chi connectivity index (χ2n) is 2.76. The summed E-state index contributed by atoms with van der Waals surface area (Å²) < 4.78 is 47.8. The van der Waals surface area contributed by atoms with Gasteiger partial charge in [0.2, 0.25) is 0 Å². The molecule has 0 unspecified atom stereocenters. The van der Waals surface area contributed by atoms with Crippen molar-refractivity contribution < 1.29 is 17.6 Å². The van der Waals surface area contributed by atoms with Crippen molar-refractivity contribution in [2.75, 3.05) is 0 Å². The van der Waals surface area contributed by atoms with Crippen molar-refractivity contribution in [3.63, 3.8) is 0 Å². The van der Waals surface area contributed by atoms with Crippen LogP contribution in [-0.4, -0.2) is 6.18 Å². The maximum Gasteiger partial charge on any atom is 0.413 e. The molecule has 5 heteroatoms. The van der Waals surface area contributed by atoms with Gasteiger partial charge in [-0.3, -0.25) is 0 Å². The van der Waals surface area contributed by atoms with Crippen molar-refractivity contribution in [2.45, 2.75) is 11.9 Å².